The Morgan fingerprint density at radius 2 is 0.905 bits per heavy atom. The zero-order valence-electron chi connectivity index (χ0n) is 29.1. The van der Waals surface area contributed by atoms with Gasteiger partial charge in [0.25, 0.3) is 0 Å². The summed E-state index contributed by atoms with van der Waals surface area (Å²) in [7, 11) is 1.97. The molecule has 42 heavy (non-hydrogen) atoms. The lowest BCUT2D eigenvalue weighted by Gasteiger charge is -2.35. The van der Waals surface area contributed by atoms with Crippen LogP contribution in [0.4, 0.5) is 0 Å². The Labute approximate surface area is 256 Å². The molecule has 2 aromatic carbocycles. The molecule has 0 radical (unpaired) electrons. The summed E-state index contributed by atoms with van der Waals surface area (Å²) >= 11 is 0. The number of aromatic hydroxyl groups is 2. The van der Waals surface area contributed by atoms with E-state index in [1.807, 2.05) is 11.9 Å². The molecule has 4 heteroatoms. The maximum absolute atomic E-state index is 12.8. The highest BCUT2D eigenvalue weighted by atomic mass is 16.3. The smallest absolute Gasteiger partial charge is 0.219 e. The van der Waals surface area contributed by atoms with Gasteiger partial charge >= 0.3 is 0 Å². The fraction of sp³-hybridized carbons (Fsp3) is 0.658. The molecule has 0 bridgehead atoms. The third-order valence-corrected chi connectivity index (χ3v) is 9.39. The van der Waals surface area contributed by atoms with Crippen molar-refractivity contribution in [2.24, 2.45) is 11.8 Å². The first-order chi connectivity index (χ1) is 18.9. The Hall–Kier alpha value is -2.49. The molecule has 3 rings (SSSR count). The first kappa shape index (κ1) is 34.0. The van der Waals surface area contributed by atoms with E-state index in [-0.39, 0.29) is 33.6 Å². The minimum Gasteiger partial charge on any atom is -0.507 e. The summed E-state index contributed by atoms with van der Waals surface area (Å²) in [6.07, 6.45) is 3.86. The van der Waals surface area contributed by atoms with E-state index in [2.05, 4.69) is 107 Å². The van der Waals surface area contributed by atoms with Crippen LogP contribution >= 0.6 is 0 Å². The van der Waals surface area contributed by atoms with Crippen molar-refractivity contribution in [2.75, 3.05) is 7.05 Å². The predicted molar refractivity (Wildman–Crippen MR) is 177 cm³/mol. The summed E-state index contributed by atoms with van der Waals surface area (Å²) in [5.74, 6) is 1.59. The highest BCUT2D eigenvalue weighted by Gasteiger charge is 2.40. The molecule has 0 saturated heterocycles. The molecule has 1 aliphatic rings. The SMILES string of the molecule is CC(=O)N(C)C1C(Cc2cc(C(C)(C)C)c(O)c(C(C)(C)C)c2)CCC1Cc1cc(C(C)(C)C)c(O)c(C(C)(C)C)c1. The van der Waals surface area contributed by atoms with E-state index in [1.165, 1.54) is 11.1 Å². The van der Waals surface area contributed by atoms with E-state index in [0.717, 1.165) is 47.9 Å². The lowest BCUT2D eigenvalue weighted by atomic mass is 9.76. The second-order valence-electron chi connectivity index (χ2n) is 17.2. The third-order valence-electron chi connectivity index (χ3n) is 9.39. The van der Waals surface area contributed by atoms with Crippen LogP contribution in [-0.2, 0) is 39.3 Å². The molecule has 4 nitrogen and oxygen atoms in total. The monoisotopic (exact) mass is 577 g/mol. The zero-order valence-corrected chi connectivity index (χ0v) is 29.1. The standard InChI is InChI=1S/C38H59NO3/c1-23(40)39(14)32-26(17-24-19-28(35(2,3)4)33(41)29(20-24)36(5,6)7)15-16-27(32)18-25-21-30(37(8,9)10)34(42)31(22-25)38(11,12)13/h19-22,26-27,32,41-42H,15-18H2,1-14H3. The second kappa shape index (κ2) is 11.5. The van der Waals surface area contributed by atoms with Crippen molar-refractivity contribution in [1.82, 2.24) is 4.90 Å². The highest BCUT2D eigenvalue weighted by molar-refractivity contribution is 5.73. The Morgan fingerprint density at radius 3 is 1.12 bits per heavy atom. The highest BCUT2D eigenvalue weighted by Crippen LogP contribution is 2.45. The Kier molecular flexibility index (Phi) is 9.35. The molecule has 1 aliphatic carbocycles. The second-order valence-corrected chi connectivity index (χ2v) is 17.2. The predicted octanol–water partition coefficient (Wildman–Crippen LogP) is 8.95. The summed E-state index contributed by atoms with van der Waals surface area (Å²) in [4.78, 5) is 14.8. The maximum Gasteiger partial charge on any atom is 0.219 e. The molecule has 2 aromatic rings. The van der Waals surface area contributed by atoms with E-state index in [0.29, 0.717) is 23.3 Å². The van der Waals surface area contributed by atoms with Crippen molar-refractivity contribution in [3.05, 3.63) is 57.6 Å². The summed E-state index contributed by atoms with van der Waals surface area (Å²) in [6.45, 7) is 27.6. The van der Waals surface area contributed by atoms with Crippen LogP contribution in [0.1, 0.15) is 136 Å². The quantitative estimate of drug-likeness (QED) is 0.373. The zero-order chi connectivity index (χ0) is 32.2. The molecular formula is C38H59NO3. The minimum absolute atomic E-state index is 0.102. The average molecular weight is 578 g/mol. The first-order valence-electron chi connectivity index (χ1n) is 15.9. The molecular weight excluding hydrogens is 518 g/mol. The number of carbonyl (C=O) groups excluding carboxylic acids is 1. The number of amides is 1. The molecule has 2 unspecified atom stereocenters. The molecule has 2 atom stereocenters. The fourth-order valence-electron chi connectivity index (χ4n) is 6.96. The number of hydrogen-bond acceptors (Lipinski definition) is 3. The van der Waals surface area contributed by atoms with E-state index in [4.69, 9.17) is 0 Å². The number of hydrogen-bond donors (Lipinski definition) is 2. The number of carbonyl (C=O) groups is 1. The van der Waals surface area contributed by atoms with Crippen LogP contribution in [0, 0.1) is 11.8 Å². The molecule has 0 spiro atoms. The van der Waals surface area contributed by atoms with Crippen LogP contribution in [-0.4, -0.2) is 34.1 Å². The van der Waals surface area contributed by atoms with E-state index in [9.17, 15) is 15.0 Å². The third kappa shape index (κ3) is 7.34. The average Bonchev–Trinajstić information content (AvgIpc) is 3.19. The van der Waals surface area contributed by atoms with Gasteiger partial charge in [-0.1, -0.05) is 107 Å². The van der Waals surface area contributed by atoms with Crippen LogP contribution in [0.3, 0.4) is 0 Å². The minimum atomic E-state index is -0.178. The van der Waals surface area contributed by atoms with Crippen molar-refractivity contribution in [3.8, 4) is 11.5 Å². The van der Waals surface area contributed by atoms with Crippen LogP contribution in [0.15, 0.2) is 24.3 Å². The van der Waals surface area contributed by atoms with Crippen LogP contribution < -0.4 is 0 Å². The normalized spacial score (nSPS) is 20.2. The van der Waals surface area contributed by atoms with Crippen LogP contribution in [0.2, 0.25) is 0 Å². The van der Waals surface area contributed by atoms with Gasteiger partial charge in [-0.25, -0.2) is 0 Å². The largest absolute Gasteiger partial charge is 0.507 e. The number of benzene rings is 2. The van der Waals surface area contributed by atoms with Crippen molar-refractivity contribution in [2.45, 2.75) is 143 Å². The van der Waals surface area contributed by atoms with Gasteiger partial charge in [0.1, 0.15) is 11.5 Å². The van der Waals surface area contributed by atoms with Gasteiger partial charge in [0.15, 0.2) is 0 Å². The van der Waals surface area contributed by atoms with Gasteiger partial charge in [-0.2, -0.15) is 0 Å². The van der Waals surface area contributed by atoms with Crippen molar-refractivity contribution >= 4 is 5.91 Å². The van der Waals surface area contributed by atoms with Gasteiger partial charge in [0, 0.05) is 20.0 Å². The van der Waals surface area contributed by atoms with Gasteiger partial charge in [0.2, 0.25) is 5.91 Å². The molecule has 1 fully saturated rings. The Bertz CT molecular complexity index is 1130. The number of phenols is 2. The summed E-state index contributed by atoms with van der Waals surface area (Å²) in [6, 6.07) is 8.93. The summed E-state index contributed by atoms with van der Waals surface area (Å²) in [5, 5.41) is 22.5. The molecule has 0 aliphatic heterocycles. The van der Waals surface area contributed by atoms with Crippen LogP contribution in [0.25, 0.3) is 0 Å². The molecule has 1 amide bonds. The molecule has 234 valence electrons. The van der Waals surface area contributed by atoms with Crippen molar-refractivity contribution in [3.63, 3.8) is 0 Å². The summed E-state index contributed by atoms with van der Waals surface area (Å²) < 4.78 is 0. The maximum atomic E-state index is 12.8. The summed E-state index contributed by atoms with van der Waals surface area (Å²) in [5.41, 5.74) is 5.73. The number of nitrogens with zero attached hydrogens (tertiary/aromatic N) is 1. The molecule has 2 N–H and O–H groups in total. The van der Waals surface area contributed by atoms with Gasteiger partial charge in [-0.15, -0.1) is 0 Å². The van der Waals surface area contributed by atoms with E-state index < -0.39 is 0 Å². The van der Waals surface area contributed by atoms with Gasteiger partial charge in [-0.3, -0.25) is 4.79 Å². The van der Waals surface area contributed by atoms with E-state index >= 15 is 0 Å². The van der Waals surface area contributed by atoms with Crippen molar-refractivity contribution in [1.29, 1.82) is 0 Å². The van der Waals surface area contributed by atoms with Crippen LogP contribution in [0.5, 0.6) is 11.5 Å². The fourth-order valence-corrected chi connectivity index (χ4v) is 6.96. The number of rotatable bonds is 5. The lowest BCUT2D eigenvalue weighted by Crippen LogP contribution is -2.43. The molecule has 1 saturated carbocycles. The van der Waals surface area contributed by atoms with Gasteiger partial charge in [-0.05, 0) is 92.6 Å². The van der Waals surface area contributed by atoms with Gasteiger partial charge in [0.05, 0.1) is 0 Å². The van der Waals surface area contributed by atoms with E-state index in [1.54, 1.807) is 6.92 Å². The van der Waals surface area contributed by atoms with Crippen molar-refractivity contribution < 1.29 is 15.0 Å². The molecule has 0 heterocycles. The van der Waals surface area contributed by atoms with Gasteiger partial charge < -0.3 is 15.1 Å². The topological polar surface area (TPSA) is 60.8 Å². The lowest BCUT2D eigenvalue weighted by molar-refractivity contribution is -0.131. The Balaban J connectivity index is 2.05. The molecule has 0 aromatic heterocycles. The number of phenolic OH excluding ortho intramolecular Hbond substituents is 2. The Morgan fingerprint density at radius 1 is 0.643 bits per heavy atom. The first-order valence-corrected chi connectivity index (χ1v) is 15.9.